The first kappa shape index (κ1) is 14.0. The highest BCUT2D eigenvalue weighted by Crippen LogP contribution is 2.29. The van der Waals surface area contributed by atoms with Gasteiger partial charge in [0.05, 0.1) is 19.9 Å². The minimum atomic E-state index is 0.501. The van der Waals surface area contributed by atoms with Crippen LogP contribution in [0.4, 0.5) is 5.69 Å². The second-order valence-electron chi connectivity index (χ2n) is 4.79. The monoisotopic (exact) mass is 265 g/mol. The van der Waals surface area contributed by atoms with Crippen LogP contribution >= 0.6 is 0 Å². The van der Waals surface area contributed by atoms with Crippen LogP contribution in [-0.4, -0.2) is 58.4 Å². The number of nitrogens with zero attached hydrogens (tertiary/aromatic N) is 1. The van der Waals surface area contributed by atoms with E-state index in [2.05, 4.69) is 22.6 Å². The molecule has 0 radical (unpaired) electrons. The molecule has 0 saturated carbocycles. The van der Waals surface area contributed by atoms with Crippen LogP contribution in [0.25, 0.3) is 0 Å². The smallest absolute Gasteiger partial charge is 0.145 e. The first-order valence-corrected chi connectivity index (χ1v) is 6.61. The number of rotatable bonds is 5. The molecule has 1 aliphatic heterocycles. The third-order valence-electron chi connectivity index (χ3n) is 3.58. The molecule has 1 fully saturated rings. The lowest BCUT2D eigenvalue weighted by atomic mass is 10.2. The van der Waals surface area contributed by atoms with Crippen LogP contribution in [0.3, 0.4) is 0 Å². The van der Waals surface area contributed by atoms with Gasteiger partial charge in [-0.25, -0.2) is 0 Å². The van der Waals surface area contributed by atoms with Gasteiger partial charge in [-0.2, -0.15) is 0 Å². The molecule has 19 heavy (non-hydrogen) atoms. The van der Waals surface area contributed by atoms with E-state index in [0.29, 0.717) is 6.04 Å². The Labute approximate surface area is 114 Å². The van der Waals surface area contributed by atoms with Gasteiger partial charge in [-0.05, 0) is 19.2 Å². The summed E-state index contributed by atoms with van der Waals surface area (Å²) in [6, 6.07) is 6.33. The van der Waals surface area contributed by atoms with Gasteiger partial charge in [-0.3, -0.25) is 4.90 Å². The van der Waals surface area contributed by atoms with Gasteiger partial charge in [-0.15, -0.1) is 0 Å². The molecule has 106 valence electrons. The molecule has 0 amide bonds. The quantitative estimate of drug-likeness (QED) is 0.832. The van der Waals surface area contributed by atoms with Crippen molar-refractivity contribution in [2.24, 2.45) is 0 Å². The molecular formula is C14H23N3O2. The molecule has 1 aromatic rings. The summed E-state index contributed by atoms with van der Waals surface area (Å²) in [6.45, 7) is 4.07. The van der Waals surface area contributed by atoms with Gasteiger partial charge in [-0.1, -0.05) is 0 Å². The summed E-state index contributed by atoms with van der Waals surface area (Å²) in [5, 5.41) is 6.87. The van der Waals surface area contributed by atoms with Crippen LogP contribution < -0.4 is 20.1 Å². The standard InChI is InChI=1S/C14H23N3O2/c1-17-7-6-15-9-11(17)10-16-13-5-4-12(18-2)8-14(13)19-3/h4-5,8,11,15-16H,6-7,9-10H2,1-3H3. The zero-order valence-electron chi connectivity index (χ0n) is 11.9. The van der Waals surface area contributed by atoms with Crippen LogP contribution in [-0.2, 0) is 0 Å². The fourth-order valence-corrected chi connectivity index (χ4v) is 2.26. The van der Waals surface area contributed by atoms with Crippen LogP contribution in [0.2, 0.25) is 0 Å². The van der Waals surface area contributed by atoms with Crippen molar-refractivity contribution in [3.63, 3.8) is 0 Å². The number of piperazine rings is 1. The molecule has 0 aliphatic carbocycles. The average molecular weight is 265 g/mol. The zero-order valence-corrected chi connectivity index (χ0v) is 11.9. The van der Waals surface area contributed by atoms with Gasteiger partial charge in [0.2, 0.25) is 0 Å². The number of likely N-dealkylation sites (N-methyl/N-ethyl adjacent to an activating group) is 1. The minimum absolute atomic E-state index is 0.501. The second-order valence-corrected chi connectivity index (χ2v) is 4.79. The van der Waals surface area contributed by atoms with Crippen molar-refractivity contribution in [2.45, 2.75) is 6.04 Å². The van der Waals surface area contributed by atoms with E-state index in [9.17, 15) is 0 Å². The van der Waals surface area contributed by atoms with Crippen molar-refractivity contribution in [2.75, 3.05) is 52.8 Å². The lowest BCUT2D eigenvalue weighted by Crippen LogP contribution is -2.52. The Morgan fingerprint density at radius 3 is 2.89 bits per heavy atom. The van der Waals surface area contributed by atoms with Crippen LogP contribution in [0.1, 0.15) is 0 Å². The van der Waals surface area contributed by atoms with Gasteiger partial charge in [0.1, 0.15) is 11.5 Å². The Kier molecular flexibility index (Phi) is 4.87. The molecule has 0 aromatic heterocycles. The molecule has 0 spiro atoms. The van der Waals surface area contributed by atoms with Crippen LogP contribution in [0.5, 0.6) is 11.5 Å². The van der Waals surface area contributed by atoms with E-state index in [0.717, 1.165) is 43.4 Å². The zero-order chi connectivity index (χ0) is 13.7. The SMILES string of the molecule is COc1ccc(NCC2CNCCN2C)c(OC)c1. The lowest BCUT2D eigenvalue weighted by Gasteiger charge is -2.33. The molecule has 5 heteroatoms. The predicted molar refractivity (Wildman–Crippen MR) is 77.3 cm³/mol. The maximum Gasteiger partial charge on any atom is 0.145 e. The topological polar surface area (TPSA) is 45.8 Å². The second kappa shape index (κ2) is 6.63. The Hall–Kier alpha value is -1.46. The summed E-state index contributed by atoms with van der Waals surface area (Å²) in [7, 11) is 5.50. The summed E-state index contributed by atoms with van der Waals surface area (Å²) >= 11 is 0. The van der Waals surface area contributed by atoms with Gasteiger partial charge in [0, 0.05) is 38.3 Å². The van der Waals surface area contributed by atoms with E-state index in [1.54, 1.807) is 14.2 Å². The third kappa shape index (κ3) is 3.52. The van der Waals surface area contributed by atoms with Crippen LogP contribution in [0, 0.1) is 0 Å². The van der Waals surface area contributed by atoms with Gasteiger partial charge >= 0.3 is 0 Å². The average Bonchev–Trinajstić information content (AvgIpc) is 2.46. The molecule has 1 saturated heterocycles. The maximum absolute atomic E-state index is 5.38. The first-order valence-electron chi connectivity index (χ1n) is 6.61. The van der Waals surface area contributed by atoms with Gasteiger partial charge in [0.15, 0.2) is 0 Å². The number of methoxy groups -OCH3 is 2. The van der Waals surface area contributed by atoms with E-state index in [1.165, 1.54) is 0 Å². The lowest BCUT2D eigenvalue weighted by molar-refractivity contribution is 0.209. The molecular weight excluding hydrogens is 242 g/mol. The van der Waals surface area contributed by atoms with Gasteiger partial charge in [0.25, 0.3) is 0 Å². The van der Waals surface area contributed by atoms with Crippen molar-refractivity contribution >= 4 is 5.69 Å². The number of hydrogen-bond acceptors (Lipinski definition) is 5. The molecule has 1 heterocycles. The highest BCUT2D eigenvalue weighted by atomic mass is 16.5. The Morgan fingerprint density at radius 1 is 1.37 bits per heavy atom. The fourth-order valence-electron chi connectivity index (χ4n) is 2.26. The largest absolute Gasteiger partial charge is 0.497 e. The summed E-state index contributed by atoms with van der Waals surface area (Å²) in [5.74, 6) is 1.62. The molecule has 2 rings (SSSR count). The molecule has 1 aromatic carbocycles. The number of hydrogen-bond donors (Lipinski definition) is 2. The normalized spacial score (nSPS) is 20.1. The van der Waals surface area contributed by atoms with E-state index >= 15 is 0 Å². The number of benzene rings is 1. The van der Waals surface area contributed by atoms with Crippen molar-refractivity contribution in [1.29, 1.82) is 0 Å². The van der Waals surface area contributed by atoms with E-state index in [1.807, 2.05) is 18.2 Å². The Bertz CT molecular complexity index is 412. The van der Waals surface area contributed by atoms with E-state index in [-0.39, 0.29) is 0 Å². The highest BCUT2D eigenvalue weighted by Gasteiger charge is 2.18. The molecule has 0 bridgehead atoms. The summed E-state index contributed by atoms with van der Waals surface area (Å²) in [6.07, 6.45) is 0. The van der Waals surface area contributed by atoms with Gasteiger partial charge < -0.3 is 20.1 Å². The molecule has 2 N–H and O–H groups in total. The van der Waals surface area contributed by atoms with Crippen molar-refractivity contribution < 1.29 is 9.47 Å². The van der Waals surface area contributed by atoms with Crippen molar-refractivity contribution in [3.8, 4) is 11.5 Å². The Morgan fingerprint density at radius 2 is 2.21 bits per heavy atom. The molecule has 1 unspecified atom stereocenters. The van der Waals surface area contributed by atoms with Crippen molar-refractivity contribution in [1.82, 2.24) is 10.2 Å². The van der Waals surface area contributed by atoms with E-state index in [4.69, 9.17) is 9.47 Å². The fraction of sp³-hybridized carbons (Fsp3) is 0.571. The third-order valence-corrected chi connectivity index (χ3v) is 3.58. The first-order chi connectivity index (χ1) is 9.24. The molecule has 1 aliphatic rings. The molecule has 5 nitrogen and oxygen atoms in total. The summed E-state index contributed by atoms with van der Waals surface area (Å²) in [5.41, 5.74) is 1.00. The molecule has 1 atom stereocenters. The van der Waals surface area contributed by atoms with Crippen LogP contribution in [0.15, 0.2) is 18.2 Å². The summed E-state index contributed by atoms with van der Waals surface area (Å²) < 4.78 is 10.6. The Balaban J connectivity index is 1.98. The number of nitrogens with one attached hydrogen (secondary N) is 2. The minimum Gasteiger partial charge on any atom is -0.497 e. The highest BCUT2D eigenvalue weighted by molar-refractivity contribution is 5.59. The summed E-state index contributed by atoms with van der Waals surface area (Å²) in [4.78, 5) is 2.37. The van der Waals surface area contributed by atoms with E-state index < -0.39 is 0 Å². The predicted octanol–water partition coefficient (Wildman–Crippen LogP) is 1.02. The number of ether oxygens (including phenoxy) is 2. The van der Waals surface area contributed by atoms with Crippen molar-refractivity contribution in [3.05, 3.63) is 18.2 Å². The number of anilines is 1. The maximum atomic E-state index is 5.38.